The highest BCUT2D eigenvalue weighted by atomic mass is 16.2. The zero-order chi connectivity index (χ0) is 15.5. The molecular formula is C16H23N3O2. The molecule has 2 unspecified atom stereocenters. The summed E-state index contributed by atoms with van der Waals surface area (Å²) in [6.45, 7) is 4.30. The van der Waals surface area contributed by atoms with Crippen molar-refractivity contribution < 1.29 is 9.59 Å². The van der Waals surface area contributed by atoms with E-state index in [1.807, 2.05) is 37.3 Å². The normalized spacial score (nSPS) is 21.2. The summed E-state index contributed by atoms with van der Waals surface area (Å²) in [5.74, 6) is -0.320. The lowest BCUT2D eigenvalue weighted by Crippen LogP contribution is -2.55. The average Bonchev–Trinajstić information content (AvgIpc) is 2.81. The van der Waals surface area contributed by atoms with Crippen molar-refractivity contribution in [2.45, 2.75) is 44.7 Å². The number of rotatable bonds is 5. The first-order valence-corrected chi connectivity index (χ1v) is 7.42. The highest BCUT2D eigenvalue weighted by Gasteiger charge is 2.36. The van der Waals surface area contributed by atoms with Gasteiger partial charge in [0.05, 0.1) is 5.54 Å². The molecule has 0 spiro atoms. The van der Waals surface area contributed by atoms with E-state index in [-0.39, 0.29) is 11.8 Å². The van der Waals surface area contributed by atoms with Gasteiger partial charge < -0.3 is 16.0 Å². The molecule has 114 valence electrons. The molecule has 0 saturated carbocycles. The average molecular weight is 289 g/mol. The predicted molar refractivity (Wildman–Crippen MR) is 82.8 cm³/mol. The number of hydrogen-bond acceptors (Lipinski definition) is 3. The largest absolute Gasteiger partial charge is 0.343 e. The smallest absolute Gasteiger partial charge is 0.249 e. The molecule has 3 N–H and O–H groups in total. The number of para-hydroxylation sites is 1. The molecule has 1 aromatic carbocycles. The minimum Gasteiger partial charge on any atom is -0.343 e. The van der Waals surface area contributed by atoms with Crippen LogP contribution in [0.5, 0.6) is 0 Å². The maximum atomic E-state index is 12.4. The predicted octanol–water partition coefficient (Wildman–Crippen LogP) is 1.43. The van der Waals surface area contributed by atoms with Crippen molar-refractivity contribution in [2.75, 3.05) is 11.4 Å². The third-order valence-corrected chi connectivity index (χ3v) is 3.87. The topological polar surface area (TPSA) is 75.4 Å². The molecule has 1 aliphatic rings. The number of anilines is 1. The van der Waals surface area contributed by atoms with Crippen LogP contribution in [-0.2, 0) is 9.59 Å². The molecule has 21 heavy (non-hydrogen) atoms. The molecule has 2 rings (SSSR count). The molecule has 1 saturated heterocycles. The van der Waals surface area contributed by atoms with Crippen molar-refractivity contribution in [1.29, 1.82) is 0 Å². The van der Waals surface area contributed by atoms with Crippen molar-refractivity contribution >= 4 is 17.5 Å². The van der Waals surface area contributed by atoms with Gasteiger partial charge in [-0.15, -0.1) is 0 Å². The van der Waals surface area contributed by atoms with E-state index in [1.54, 1.807) is 11.8 Å². The SMILES string of the molecule is CCCC(C)(N)C(=O)NC1CCN(c2ccccc2)C1=O. The van der Waals surface area contributed by atoms with Crippen LogP contribution in [0.15, 0.2) is 30.3 Å². The van der Waals surface area contributed by atoms with Crippen molar-refractivity contribution in [3.05, 3.63) is 30.3 Å². The maximum Gasteiger partial charge on any atom is 0.249 e. The Morgan fingerprint density at radius 3 is 2.71 bits per heavy atom. The summed E-state index contributed by atoms with van der Waals surface area (Å²) >= 11 is 0. The summed E-state index contributed by atoms with van der Waals surface area (Å²) < 4.78 is 0. The van der Waals surface area contributed by atoms with E-state index in [4.69, 9.17) is 5.73 Å². The number of nitrogens with two attached hydrogens (primary N) is 1. The first kappa shape index (κ1) is 15.5. The Morgan fingerprint density at radius 1 is 1.43 bits per heavy atom. The van der Waals surface area contributed by atoms with E-state index < -0.39 is 11.6 Å². The van der Waals surface area contributed by atoms with E-state index in [1.165, 1.54) is 0 Å². The third kappa shape index (κ3) is 3.42. The molecule has 1 aromatic rings. The van der Waals surface area contributed by atoms with E-state index in [2.05, 4.69) is 5.32 Å². The molecule has 1 heterocycles. The first-order valence-electron chi connectivity index (χ1n) is 7.42. The molecule has 5 nitrogen and oxygen atoms in total. The number of hydrogen-bond donors (Lipinski definition) is 2. The molecule has 1 fully saturated rings. The summed E-state index contributed by atoms with van der Waals surface area (Å²) in [6.07, 6.45) is 2.04. The van der Waals surface area contributed by atoms with Crippen LogP contribution in [0.1, 0.15) is 33.1 Å². The second kappa shape index (κ2) is 6.26. The van der Waals surface area contributed by atoms with Gasteiger partial charge >= 0.3 is 0 Å². The first-order chi connectivity index (χ1) is 9.95. The van der Waals surface area contributed by atoms with Crippen molar-refractivity contribution in [1.82, 2.24) is 5.32 Å². The Labute approximate surface area is 125 Å². The van der Waals surface area contributed by atoms with Gasteiger partial charge in [-0.05, 0) is 31.9 Å². The van der Waals surface area contributed by atoms with Crippen LogP contribution in [0.2, 0.25) is 0 Å². The van der Waals surface area contributed by atoms with Gasteiger partial charge in [-0.3, -0.25) is 9.59 Å². The van der Waals surface area contributed by atoms with Crippen molar-refractivity contribution in [2.24, 2.45) is 5.73 Å². The van der Waals surface area contributed by atoms with Crippen molar-refractivity contribution in [3.63, 3.8) is 0 Å². The number of carbonyl (C=O) groups is 2. The quantitative estimate of drug-likeness (QED) is 0.861. The lowest BCUT2D eigenvalue weighted by atomic mass is 9.96. The summed E-state index contributed by atoms with van der Waals surface area (Å²) in [4.78, 5) is 26.3. The second-order valence-corrected chi connectivity index (χ2v) is 5.81. The minimum absolute atomic E-state index is 0.0677. The Kier molecular flexibility index (Phi) is 4.63. The van der Waals surface area contributed by atoms with E-state index in [0.717, 1.165) is 12.1 Å². The van der Waals surface area contributed by atoms with Gasteiger partial charge in [-0.1, -0.05) is 31.5 Å². The van der Waals surface area contributed by atoms with Gasteiger partial charge in [-0.25, -0.2) is 0 Å². The molecule has 0 bridgehead atoms. The standard InChI is InChI=1S/C16H23N3O2/c1-3-10-16(2,17)15(21)18-13-9-11-19(14(13)20)12-7-5-4-6-8-12/h4-8,13H,3,9-11,17H2,1-2H3,(H,18,21). The van der Waals surface area contributed by atoms with Gasteiger partial charge in [0.1, 0.15) is 6.04 Å². The van der Waals surface area contributed by atoms with E-state index in [9.17, 15) is 9.59 Å². The van der Waals surface area contributed by atoms with Crippen LogP contribution in [0.3, 0.4) is 0 Å². The van der Waals surface area contributed by atoms with Gasteiger partial charge in [0.2, 0.25) is 11.8 Å². The molecule has 0 aliphatic carbocycles. The van der Waals surface area contributed by atoms with Crippen LogP contribution in [0.4, 0.5) is 5.69 Å². The Balaban J connectivity index is 2.01. The van der Waals surface area contributed by atoms with Crippen LogP contribution in [-0.4, -0.2) is 29.9 Å². The molecule has 2 amide bonds. The number of amides is 2. The van der Waals surface area contributed by atoms with Gasteiger partial charge in [0, 0.05) is 12.2 Å². The third-order valence-electron chi connectivity index (χ3n) is 3.87. The van der Waals surface area contributed by atoms with E-state index in [0.29, 0.717) is 19.4 Å². The fourth-order valence-electron chi connectivity index (χ4n) is 2.63. The van der Waals surface area contributed by atoms with Crippen LogP contribution in [0, 0.1) is 0 Å². The van der Waals surface area contributed by atoms with Gasteiger partial charge in [-0.2, -0.15) is 0 Å². The zero-order valence-corrected chi connectivity index (χ0v) is 12.6. The number of nitrogens with zero attached hydrogens (tertiary/aromatic N) is 1. The fraction of sp³-hybridized carbons (Fsp3) is 0.500. The van der Waals surface area contributed by atoms with Gasteiger partial charge in [0.15, 0.2) is 0 Å². The fourth-order valence-corrected chi connectivity index (χ4v) is 2.63. The maximum absolute atomic E-state index is 12.4. The lowest BCUT2D eigenvalue weighted by Gasteiger charge is -2.25. The van der Waals surface area contributed by atoms with Crippen molar-refractivity contribution in [3.8, 4) is 0 Å². The molecule has 5 heteroatoms. The lowest BCUT2D eigenvalue weighted by molar-refractivity contribution is -0.130. The molecule has 2 atom stereocenters. The minimum atomic E-state index is -0.921. The molecule has 0 aromatic heterocycles. The number of benzene rings is 1. The number of carbonyl (C=O) groups excluding carboxylic acids is 2. The van der Waals surface area contributed by atoms with Crippen LogP contribution < -0.4 is 16.0 Å². The Morgan fingerprint density at radius 2 is 2.10 bits per heavy atom. The Bertz CT molecular complexity index is 514. The van der Waals surface area contributed by atoms with Gasteiger partial charge in [0.25, 0.3) is 0 Å². The highest BCUT2D eigenvalue weighted by molar-refractivity contribution is 6.02. The molecule has 0 radical (unpaired) electrons. The van der Waals surface area contributed by atoms with E-state index >= 15 is 0 Å². The van der Waals surface area contributed by atoms with Crippen LogP contribution >= 0.6 is 0 Å². The molecular weight excluding hydrogens is 266 g/mol. The van der Waals surface area contributed by atoms with Crippen LogP contribution in [0.25, 0.3) is 0 Å². The monoisotopic (exact) mass is 289 g/mol. The summed E-state index contributed by atoms with van der Waals surface area (Å²) in [7, 11) is 0. The summed E-state index contributed by atoms with van der Waals surface area (Å²) in [5, 5.41) is 2.80. The zero-order valence-electron chi connectivity index (χ0n) is 12.6. The Hall–Kier alpha value is -1.88. The second-order valence-electron chi connectivity index (χ2n) is 5.81. The summed E-state index contributed by atoms with van der Waals surface area (Å²) in [5.41, 5.74) is 5.95. The number of nitrogens with one attached hydrogen (secondary N) is 1. The summed E-state index contributed by atoms with van der Waals surface area (Å²) in [6, 6.07) is 9.02. The highest BCUT2D eigenvalue weighted by Crippen LogP contribution is 2.21. The molecule has 1 aliphatic heterocycles.